The Hall–Kier alpha value is -1.58. The number of carbonyl (C=O) groups is 1. The second-order valence-corrected chi connectivity index (χ2v) is 9.87. The van der Waals surface area contributed by atoms with Crippen LogP contribution in [-0.2, 0) is 14.6 Å². The molecule has 1 aromatic rings. The van der Waals surface area contributed by atoms with E-state index in [1.807, 2.05) is 13.0 Å². The minimum atomic E-state index is -2.96. The number of carbonyl (C=O) groups excluding carboxylic acids is 1. The Bertz CT molecular complexity index is 823. The average molecular weight is 398 g/mol. The lowest BCUT2D eigenvalue weighted by Crippen LogP contribution is -2.25. The third-order valence-electron chi connectivity index (χ3n) is 4.37. The predicted molar refractivity (Wildman–Crippen MR) is 105 cm³/mol. The first kappa shape index (κ1) is 19.2. The molecule has 1 aromatic carbocycles. The Labute approximate surface area is 157 Å². The normalized spacial score (nSPS) is 23.4. The minimum absolute atomic E-state index is 0.00456. The van der Waals surface area contributed by atoms with Gasteiger partial charge < -0.3 is 15.4 Å². The number of ether oxygens (including phenoxy) is 1. The molecule has 9 heteroatoms. The topological polar surface area (TPSA) is 96.9 Å². The van der Waals surface area contributed by atoms with Gasteiger partial charge >= 0.3 is 0 Å². The van der Waals surface area contributed by atoms with Crippen molar-refractivity contribution >= 4 is 38.4 Å². The number of amides is 1. The fraction of sp³-hybridized carbons (Fsp3) is 0.529. The highest BCUT2D eigenvalue weighted by Crippen LogP contribution is 2.35. The Morgan fingerprint density at radius 3 is 2.92 bits per heavy atom. The van der Waals surface area contributed by atoms with Crippen LogP contribution in [0.15, 0.2) is 23.2 Å². The maximum atomic E-state index is 12.3. The van der Waals surface area contributed by atoms with Gasteiger partial charge in [0.2, 0.25) is 0 Å². The number of thioether (sulfide) groups is 1. The van der Waals surface area contributed by atoms with Crippen molar-refractivity contribution in [1.29, 1.82) is 0 Å². The lowest BCUT2D eigenvalue weighted by atomic mass is 10.1. The number of anilines is 1. The van der Waals surface area contributed by atoms with Crippen LogP contribution >= 0.6 is 11.8 Å². The second-order valence-electron chi connectivity index (χ2n) is 6.49. The number of aliphatic imine (C=N–C) groups is 1. The van der Waals surface area contributed by atoms with Gasteiger partial charge in [0.05, 0.1) is 17.5 Å². The molecule has 0 spiro atoms. The number of nitrogens with one attached hydrogen (secondary N) is 2. The number of hydrogen-bond donors (Lipinski definition) is 2. The van der Waals surface area contributed by atoms with E-state index < -0.39 is 9.84 Å². The summed E-state index contributed by atoms with van der Waals surface area (Å²) >= 11 is 1.47. The van der Waals surface area contributed by atoms with Crippen molar-refractivity contribution in [2.24, 2.45) is 4.99 Å². The fourth-order valence-corrected chi connectivity index (χ4v) is 6.62. The molecule has 0 bridgehead atoms. The van der Waals surface area contributed by atoms with Crippen LogP contribution in [0.5, 0.6) is 0 Å². The molecule has 7 nitrogen and oxygen atoms in total. The molecule has 2 unspecified atom stereocenters. The van der Waals surface area contributed by atoms with Crippen molar-refractivity contribution in [2.75, 3.05) is 37.1 Å². The third-order valence-corrected chi connectivity index (χ3v) is 7.51. The van der Waals surface area contributed by atoms with Gasteiger partial charge in [-0.05, 0) is 31.0 Å². The van der Waals surface area contributed by atoms with Crippen molar-refractivity contribution in [2.45, 2.75) is 24.6 Å². The summed E-state index contributed by atoms with van der Waals surface area (Å²) in [6.07, 6.45) is 0.762. The molecule has 1 fully saturated rings. The first-order chi connectivity index (χ1) is 12.4. The molecule has 2 N–H and O–H groups in total. The zero-order valence-electron chi connectivity index (χ0n) is 14.8. The van der Waals surface area contributed by atoms with E-state index in [2.05, 4.69) is 15.6 Å². The molecule has 0 aliphatic carbocycles. The number of amidine groups is 1. The lowest BCUT2D eigenvalue weighted by molar-refractivity contribution is 0.0948. The van der Waals surface area contributed by atoms with Gasteiger partial charge in [0, 0.05) is 36.8 Å². The molecular weight excluding hydrogens is 374 g/mol. The molecule has 2 aliphatic rings. The summed E-state index contributed by atoms with van der Waals surface area (Å²) < 4.78 is 28.3. The van der Waals surface area contributed by atoms with E-state index in [1.54, 1.807) is 19.2 Å². The highest BCUT2D eigenvalue weighted by atomic mass is 32.2. The monoisotopic (exact) mass is 397 g/mol. The van der Waals surface area contributed by atoms with Gasteiger partial charge in [0.1, 0.15) is 0 Å². The molecule has 1 saturated heterocycles. The largest absolute Gasteiger partial charge is 0.385 e. The molecule has 142 valence electrons. The maximum Gasteiger partial charge on any atom is 0.251 e. The molecule has 2 heterocycles. The van der Waals surface area contributed by atoms with E-state index in [4.69, 9.17) is 4.74 Å². The van der Waals surface area contributed by atoms with Crippen molar-refractivity contribution in [3.8, 4) is 0 Å². The van der Waals surface area contributed by atoms with Gasteiger partial charge in [-0.25, -0.2) is 8.42 Å². The Balaban J connectivity index is 1.65. The average Bonchev–Trinajstić information content (AvgIpc) is 3.06. The van der Waals surface area contributed by atoms with E-state index in [9.17, 15) is 13.2 Å². The van der Waals surface area contributed by atoms with Crippen LogP contribution in [0.25, 0.3) is 0 Å². The van der Waals surface area contributed by atoms with Crippen LogP contribution in [0.1, 0.15) is 22.3 Å². The predicted octanol–water partition coefficient (Wildman–Crippen LogP) is 1.44. The van der Waals surface area contributed by atoms with Crippen LogP contribution in [-0.4, -0.2) is 62.6 Å². The SMILES string of the molecule is COCCCNC(=O)c1ccc(C)c(NC2=NC3CS(=O)(=O)CC3S2)c1. The van der Waals surface area contributed by atoms with Crippen molar-refractivity contribution < 1.29 is 17.9 Å². The first-order valence-electron chi connectivity index (χ1n) is 8.47. The van der Waals surface area contributed by atoms with Crippen LogP contribution in [0.3, 0.4) is 0 Å². The lowest BCUT2D eigenvalue weighted by Gasteiger charge is -2.12. The quantitative estimate of drug-likeness (QED) is 0.705. The molecule has 2 atom stereocenters. The van der Waals surface area contributed by atoms with E-state index in [0.717, 1.165) is 22.8 Å². The van der Waals surface area contributed by atoms with E-state index in [1.165, 1.54) is 11.8 Å². The Morgan fingerprint density at radius 2 is 2.19 bits per heavy atom. The van der Waals surface area contributed by atoms with Crippen LogP contribution in [0.4, 0.5) is 5.69 Å². The minimum Gasteiger partial charge on any atom is -0.385 e. The summed E-state index contributed by atoms with van der Waals surface area (Å²) in [6.45, 7) is 3.12. The second kappa shape index (κ2) is 7.98. The summed E-state index contributed by atoms with van der Waals surface area (Å²) in [5, 5.41) is 6.84. The molecule has 3 rings (SSSR count). The van der Waals surface area contributed by atoms with Crippen molar-refractivity contribution in [3.63, 3.8) is 0 Å². The molecular formula is C17H23N3O4S2. The third kappa shape index (κ3) is 4.57. The standard InChI is InChI=1S/C17H23N3O4S2/c1-11-4-5-12(16(21)18-6-3-7-24-2)8-13(11)19-17-20-14-9-26(22,23)10-15(14)25-17/h4-5,8,14-15H,3,6-7,9-10H2,1-2H3,(H,18,21)(H,19,20). The molecule has 2 aliphatic heterocycles. The number of fused-ring (bicyclic) bond motifs is 1. The zero-order chi connectivity index (χ0) is 18.7. The van der Waals surface area contributed by atoms with Gasteiger partial charge in [-0.1, -0.05) is 17.8 Å². The van der Waals surface area contributed by atoms with Gasteiger partial charge in [0.25, 0.3) is 5.91 Å². The molecule has 0 radical (unpaired) electrons. The molecule has 26 heavy (non-hydrogen) atoms. The smallest absolute Gasteiger partial charge is 0.251 e. The fourth-order valence-electron chi connectivity index (χ4n) is 2.95. The molecule has 1 amide bonds. The van der Waals surface area contributed by atoms with Gasteiger partial charge in [-0.15, -0.1) is 0 Å². The van der Waals surface area contributed by atoms with Crippen LogP contribution < -0.4 is 10.6 Å². The molecule has 0 aromatic heterocycles. The summed E-state index contributed by atoms with van der Waals surface area (Å²) in [6, 6.07) is 5.31. The summed E-state index contributed by atoms with van der Waals surface area (Å²) in [7, 11) is -1.33. The highest BCUT2D eigenvalue weighted by molar-refractivity contribution is 8.15. The molecule has 0 saturated carbocycles. The van der Waals surface area contributed by atoms with Crippen molar-refractivity contribution in [3.05, 3.63) is 29.3 Å². The number of nitrogens with zero attached hydrogens (tertiary/aromatic N) is 1. The Morgan fingerprint density at radius 1 is 1.38 bits per heavy atom. The summed E-state index contributed by atoms with van der Waals surface area (Å²) in [5.41, 5.74) is 2.37. The van der Waals surface area contributed by atoms with Gasteiger partial charge in [0.15, 0.2) is 15.0 Å². The van der Waals surface area contributed by atoms with E-state index in [-0.39, 0.29) is 28.7 Å². The first-order valence-corrected chi connectivity index (χ1v) is 11.2. The highest BCUT2D eigenvalue weighted by Gasteiger charge is 2.42. The Kier molecular flexibility index (Phi) is 5.89. The number of hydrogen-bond acceptors (Lipinski definition) is 7. The van der Waals surface area contributed by atoms with E-state index >= 15 is 0 Å². The van der Waals surface area contributed by atoms with Crippen LogP contribution in [0, 0.1) is 6.92 Å². The number of methoxy groups -OCH3 is 1. The van der Waals surface area contributed by atoms with Gasteiger partial charge in [-0.3, -0.25) is 9.79 Å². The number of rotatable bonds is 6. The number of benzene rings is 1. The van der Waals surface area contributed by atoms with Crippen molar-refractivity contribution in [1.82, 2.24) is 5.32 Å². The zero-order valence-corrected chi connectivity index (χ0v) is 16.5. The van der Waals surface area contributed by atoms with Crippen LogP contribution in [0.2, 0.25) is 0 Å². The number of aryl methyl sites for hydroxylation is 1. The van der Waals surface area contributed by atoms with E-state index in [0.29, 0.717) is 18.7 Å². The number of sulfone groups is 1. The summed E-state index contributed by atoms with van der Waals surface area (Å²) in [5.74, 6) is 0.173. The maximum absolute atomic E-state index is 12.3. The van der Waals surface area contributed by atoms with Gasteiger partial charge in [-0.2, -0.15) is 0 Å². The summed E-state index contributed by atoms with van der Waals surface area (Å²) in [4.78, 5) is 16.8.